The summed E-state index contributed by atoms with van der Waals surface area (Å²) in [5, 5.41) is 10.4. The molecule has 0 spiro atoms. The van der Waals surface area contributed by atoms with Crippen LogP contribution < -0.4 is 10.4 Å². The van der Waals surface area contributed by atoms with Crippen molar-refractivity contribution in [2.24, 2.45) is 11.7 Å². The number of hydrogen-bond acceptors (Lipinski definition) is 6. The van der Waals surface area contributed by atoms with E-state index in [0.717, 1.165) is 38.0 Å². The Kier molecular flexibility index (Phi) is 6.68. The lowest BCUT2D eigenvalue weighted by atomic mass is 9.64. The number of carbonyl (C=O) groups is 2. The molecule has 1 saturated heterocycles. The highest BCUT2D eigenvalue weighted by molar-refractivity contribution is 6.47. The first kappa shape index (κ1) is 20.0. The van der Waals surface area contributed by atoms with E-state index in [4.69, 9.17) is 10.4 Å². The van der Waals surface area contributed by atoms with Crippen LogP contribution in [0, 0.1) is 5.92 Å². The number of nitrogens with zero attached hydrogens (tertiary/aromatic N) is 1. The SMILES string of the molecule is CC(=O)c1cccc2c1OB(O)[C@@H](CC(=O)CC1CCN(CCN)CC1)C2. The van der Waals surface area contributed by atoms with Crippen molar-refractivity contribution in [2.45, 2.75) is 44.8 Å². The first-order valence-corrected chi connectivity index (χ1v) is 9.89. The molecule has 0 saturated carbocycles. The van der Waals surface area contributed by atoms with Crippen molar-refractivity contribution in [3.8, 4) is 5.75 Å². The first-order valence-electron chi connectivity index (χ1n) is 9.89. The number of nitrogens with two attached hydrogens (primary N) is 1. The summed E-state index contributed by atoms with van der Waals surface area (Å²) in [6, 6.07) is 5.43. The van der Waals surface area contributed by atoms with Gasteiger partial charge in [0.1, 0.15) is 11.5 Å². The highest BCUT2D eigenvalue weighted by Gasteiger charge is 2.37. The van der Waals surface area contributed by atoms with Crippen LogP contribution in [0.1, 0.15) is 48.5 Å². The van der Waals surface area contributed by atoms with Crippen molar-refractivity contribution in [1.82, 2.24) is 4.90 Å². The summed E-state index contributed by atoms with van der Waals surface area (Å²) < 4.78 is 5.63. The molecule has 0 bridgehead atoms. The second kappa shape index (κ2) is 9.00. The standard InChI is InChI=1S/C20H29BN2O4/c1-14(24)19-4-2-3-16-12-17(21(26)27-20(16)19)13-18(25)11-15-5-8-23(9-6-15)10-7-22/h2-4,15,17,26H,5-13,22H2,1H3/t17-/m1/s1. The van der Waals surface area contributed by atoms with E-state index in [-0.39, 0.29) is 17.4 Å². The molecule has 0 radical (unpaired) electrons. The van der Waals surface area contributed by atoms with Crippen LogP contribution in [0.15, 0.2) is 18.2 Å². The molecule has 6 nitrogen and oxygen atoms in total. The monoisotopic (exact) mass is 372 g/mol. The number of carbonyl (C=O) groups excluding carboxylic acids is 2. The maximum Gasteiger partial charge on any atom is 0.526 e. The van der Waals surface area contributed by atoms with Crippen LogP contribution in [0.4, 0.5) is 0 Å². The Bertz CT molecular complexity index is 689. The first-order chi connectivity index (χ1) is 13.0. The van der Waals surface area contributed by atoms with Gasteiger partial charge in [-0.1, -0.05) is 12.1 Å². The third-order valence-electron chi connectivity index (χ3n) is 5.76. The number of piperidine rings is 1. The number of likely N-dealkylation sites (tertiary alicyclic amines) is 1. The normalized spacial score (nSPS) is 20.9. The summed E-state index contributed by atoms with van der Waals surface area (Å²) in [6.45, 7) is 5.10. The fourth-order valence-corrected chi connectivity index (χ4v) is 4.23. The number of rotatable bonds is 7. The molecule has 1 fully saturated rings. The number of Topliss-reactive ketones (excluding diaryl/α,β-unsaturated/α-hetero) is 2. The number of benzene rings is 1. The van der Waals surface area contributed by atoms with E-state index < -0.39 is 7.12 Å². The summed E-state index contributed by atoms with van der Waals surface area (Å²) in [7, 11) is -1.05. The third kappa shape index (κ3) is 4.97. The van der Waals surface area contributed by atoms with E-state index in [1.807, 2.05) is 12.1 Å². The van der Waals surface area contributed by atoms with Crippen LogP contribution in [0.3, 0.4) is 0 Å². The van der Waals surface area contributed by atoms with Gasteiger partial charge in [0.15, 0.2) is 5.78 Å². The lowest BCUT2D eigenvalue weighted by molar-refractivity contribution is -0.120. The maximum absolute atomic E-state index is 12.6. The van der Waals surface area contributed by atoms with Crippen molar-refractivity contribution in [2.75, 3.05) is 26.2 Å². The lowest BCUT2D eigenvalue weighted by Crippen LogP contribution is -2.38. The van der Waals surface area contributed by atoms with Gasteiger partial charge in [0, 0.05) is 31.7 Å². The van der Waals surface area contributed by atoms with Crippen molar-refractivity contribution < 1.29 is 19.3 Å². The van der Waals surface area contributed by atoms with Gasteiger partial charge in [-0.3, -0.25) is 9.59 Å². The van der Waals surface area contributed by atoms with Crippen molar-refractivity contribution >= 4 is 18.7 Å². The minimum atomic E-state index is -1.05. The van der Waals surface area contributed by atoms with Crippen LogP contribution in [0.5, 0.6) is 5.75 Å². The van der Waals surface area contributed by atoms with E-state index in [1.165, 1.54) is 6.92 Å². The second-order valence-corrected chi connectivity index (χ2v) is 7.84. The average molecular weight is 372 g/mol. The highest BCUT2D eigenvalue weighted by Crippen LogP contribution is 2.37. The number of fused-ring (bicyclic) bond motifs is 1. The van der Waals surface area contributed by atoms with Crippen molar-refractivity contribution in [3.05, 3.63) is 29.3 Å². The molecule has 1 aromatic rings. The topological polar surface area (TPSA) is 92.9 Å². The molecule has 146 valence electrons. The maximum atomic E-state index is 12.6. The summed E-state index contributed by atoms with van der Waals surface area (Å²) in [6.07, 6.45) is 3.49. The van der Waals surface area contributed by atoms with E-state index in [9.17, 15) is 14.6 Å². The smallest absolute Gasteiger partial charge is 0.526 e. The molecule has 0 unspecified atom stereocenters. The number of ketones is 2. The zero-order chi connectivity index (χ0) is 19.4. The predicted octanol–water partition coefficient (Wildman–Crippen LogP) is 1.69. The number of hydrogen-bond donors (Lipinski definition) is 2. The van der Waals surface area contributed by atoms with Crippen LogP contribution >= 0.6 is 0 Å². The lowest BCUT2D eigenvalue weighted by Gasteiger charge is -2.32. The molecular formula is C20H29BN2O4. The molecule has 0 aliphatic carbocycles. The quantitative estimate of drug-likeness (QED) is 0.559. The Hall–Kier alpha value is -1.70. The Balaban J connectivity index is 1.55. The van der Waals surface area contributed by atoms with Crippen molar-refractivity contribution in [1.29, 1.82) is 0 Å². The minimum Gasteiger partial charge on any atom is -0.535 e. The predicted molar refractivity (Wildman–Crippen MR) is 105 cm³/mol. The molecule has 0 amide bonds. The van der Waals surface area contributed by atoms with Gasteiger partial charge in [-0.2, -0.15) is 0 Å². The molecule has 1 atom stereocenters. The van der Waals surface area contributed by atoms with Crippen LogP contribution in [-0.4, -0.2) is 54.8 Å². The molecule has 7 heteroatoms. The van der Waals surface area contributed by atoms with Crippen LogP contribution in [0.25, 0.3) is 0 Å². The van der Waals surface area contributed by atoms with Crippen LogP contribution in [-0.2, 0) is 11.2 Å². The Morgan fingerprint density at radius 2 is 2.04 bits per heavy atom. The molecule has 2 heterocycles. The molecule has 1 aromatic carbocycles. The second-order valence-electron chi connectivity index (χ2n) is 7.84. The zero-order valence-electron chi connectivity index (χ0n) is 16.0. The average Bonchev–Trinajstić information content (AvgIpc) is 2.63. The Labute approximate surface area is 161 Å². The zero-order valence-corrected chi connectivity index (χ0v) is 16.0. The molecular weight excluding hydrogens is 343 g/mol. The molecule has 27 heavy (non-hydrogen) atoms. The number of para-hydroxylation sites is 1. The van der Waals surface area contributed by atoms with E-state index in [0.29, 0.717) is 43.0 Å². The summed E-state index contributed by atoms with van der Waals surface area (Å²) >= 11 is 0. The van der Waals surface area contributed by atoms with Gasteiger partial charge in [-0.05, 0) is 56.8 Å². The van der Waals surface area contributed by atoms with E-state index in [1.54, 1.807) is 6.07 Å². The summed E-state index contributed by atoms with van der Waals surface area (Å²) in [4.78, 5) is 26.7. The summed E-state index contributed by atoms with van der Waals surface area (Å²) in [5.74, 6) is 0.725. The Morgan fingerprint density at radius 1 is 1.30 bits per heavy atom. The molecule has 3 N–H and O–H groups in total. The van der Waals surface area contributed by atoms with Gasteiger partial charge in [-0.15, -0.1) is 0 Å². The van der Waals surface area contributed by atoms with Gasteiger partial charge in [-0.25, -0.2) is 0 Å². The van der Waals surface area contributed by atoms with Gasteiger partial charge < -0.3 is 20.3 Å². The van der Waals surface area contributed by atoms with E-state index >= 15 is 0 Å². The van der Waals surface area contributed by atoms with Crippen LogP contribution in [0.2, 0.25) is 5.82 Å². The van der Waals surface area contributed by atoms with Gasteiger partial charge in [0.05, 0.1) is 5.56 Å². The van der Waals surface area contributed by atoms with Gasteiger partial charge in [0.2, 0.25) is 0 Å². The van der Waals surface area contributed by atoms with Gasteiger partial charge >= 0.3 is 7.12 Å². The van der Waals surface area contributed by atoms with Gasteiger partial charge in [0.25, 0.3) is 0 Å². The summed E-state index contributed by atoms with van der Waals surface area (Å²) in [5.41, 5.74) is 6.98. The van der Waals surface area contributed by atoms with E-state index in [2.05, 4.69) is 4.90 Å². The molecule has 3 rings (SSSR count). The molecule has 2 aliphatic rings. The fourth-order valence-electron chi connectivity index (χ4n) is 4.23. The fraction of sp³-hybridized carbons (Fsp3) is 0.600. The Morgan fingerprint density at radius 3 is 2.70 bits per heavy atom. The van der Waals surface area contributed by atoms with Crippen molar-refractivity contribution in [3.63, 3.8) is 0 Å². The highest BCUT2D eigenvalue weighted by atomic mass is 16.5. The largest absolute Gasteiger partial charge is 0.535 e. The minimum absolute atomic E-state index is 0.0884. The molecule has 2 aliphatic heterocycles. The third-order valence-corrected chi connectivity index (χ3v) is 5.76. The molecule has 0 aromatic heterocycles.